The molecule has 0 radical (unpaired) electrons. The van der Waals surface area contributed by atoms with Crippen molar-refractivity contribution in [2.75, 3.05) is 57.8 Å². The second-order valence-corrected chi connectivity index (χ2v) is 9.37. The molecule has 190 valence electrons. The van der Waals surface area contributed by atoms with Crippen molar-refractivity contribution in [2.45, 2.75) is 25.8 Å². The standard InChI is InChI=1S/C26H31F2N7O/c1-18-20-17-31-26(25-29-6-3-7-30-25)32-22(20)5-9-35(18)19-15-21(27)24(28)23(16-19)36-14-4-8-34-12-10-33(2)11-13-34/h3,6-7,15-18H,4-5,8-14H2,1-2H3. The van der Waals surface area contributed by atoms with E-state index < -0.39 is 11.6 Å². The molecule has 10 heteroatoms. The van der Waals surface area contributed by atoms with Crippen LogP contribution in [-0.4, -0.2) is 82.7 Å². The molecule has 0 aliphatic carbocycles. The zero-order chi connectivity index (χ0) is 25.1. The average molecular weight is 496 g/mol. The lowest BCUT2D eigenvalue weighted by molar-refractivity contribution is 0.145. The number of hydrogen-bond acceptors (Lipinski definition) is 8. The van der Waals surface area contributed by atoms with E-state index in [1.54, 1.807) is 30.7 Å². The van der Waals surface area contributed by atoms with Crippen LogP contribution < -0.4 is 9.64 Å². The molecule has 0 bridgehead atoms. The Hall–Kier alpha value is -3.24. The number of ether oxygens (including phenoxy) is 1. The summed E-state index contributed by atoms with van der Waals surface area (Å²) in [6.45, 7) is 7.97. The Balaban J connectivity index is 1.26. The maximum absolute atomic E-state index is 14.6. The zero-order valence-electron chi connectivity index (χ0n) is 20.7. The van der Waals surface area contributed by atoms with E-state index in [0.29, 0.717) is 36.9 Å². The van der Waals surface area contributed by atoms with Crippen molar-refractivity contribution in [2.24, 2.45) is 0 Å². The summed E-state index contributed by atoms with van der Waals surface area (Å²) in [5, 5.41) is 0. The fourth-order valence-corrected chi connectivity index (χ4v) is 4.80. The molecule has 1 atom stereocenters. The van der Waals surface area contributed by atoms with Gasteiger partial charge < -0.3 is 19.4 Å². The van der Waals surface area contributed by atoms with Crippen LogP contribution in [0.5, 0.6) is 5.75 Å². The van der Waals surface area contributed by atoms with Gasteiger partial charge in [-0.15, -0.1) is 0 Å². The molecule has 8 nitrogen and oxygen atoms in total. The van der Waals surface area contributed by atoms with Crippen LogP contribution in [0.2, 0.25) is 0 Å². The second-order valence-electron chi connectivity index (χ2n) is 9.37. The third kappa shape index (κ3) is 5.29. The number of halogens is 2. The highest BCUT2D eigenvalue weighted by molar-refractivity contribution is 5.55. The molecule has 3 aromatic rings. The molecular formula is C26H31F2N7O. The van der Waals surface area contributed by atoms with Gasteiger partial charge in [0.2, 0.25) is 5.82 Å². The van der Waals surface area contributed by atoms with Crippen molar-refractivity contribution in [1.29, 1.82) is 0 Å². The van der Waals surface area contributed by atoms with Gasteiger partial charge in [-0.3, -0.25) is 0 Å². The molecule has 4 heterocycles. The van der Waals surface area contributed by atoms with Crippen molar-refractivity contribution in [3.8, 4) is 17.4 Å². The summed E-state index contributed by atoms with van der Waals surface area (Å²) in [7, 11) is 2.12. The number of nitrogens with zero attached hydrogens (tertiary/aromatic N) is 7. The average Bonchev–Trinajstić information content (AvgIpc) is 2.90. The predicted molar refractivity (Wildman–Crippen MR) is 133 cm³/mol. The number of aromatic nitrogens is 4. The van der Waals surface area contributed by atoms with E-state index in [9.17, 15) is 8.78 Å². The van der Waals surface area contributed by atoms with Gasteiger partial charge >= 0.3 is 0 Å². The molecule has 5 rings (SSSR count). The fourth-order valence-electron chi connectivity index (χ4n) is 4.80. The molecule has 0 saturated carbocycles. The monoisotopic (exact) mass is 495 g/mol. The van der Waals surface area contributed by atoms with E-state index in [1.807, 2.05) is 11.8 Å². The van der Waals surface area contributed by atoms with Crippen LogP contribution in [0.1, 0.15) is 30.6 Å². The van der Waals surface area contributed by atoms with E-state index in [0.717, 1.165) is 50.4 Å². The highest BCUT2D eigenvalue weighted by Gasteiger charge is 2.28. The molecule has 0 amide bonds. The van der Waals surface area contributed by atoms with Crippen molar-refractivity contribution in [3.05, 3.63) is 59.7 Å². The molecule has 0 spiro atoms. The lowest BCUT2D eigenvalue weighted by atomic mass is 9.98. The van der Waals surface area contributed by atoms with Crippen LogP contribution in [0.25, 0.3) is 11.6 Å². The van der Waals surface area contributed by atoms with E-state index in [-0.39, 0.29) is 11.8 Å². The lowest BCUT2D eigenvalue weighted by Crippen LogP contribution is -2.44. The number of likely N-dealkylation sites (N-methyl/N-ethyl adjacent to an activating group) is 1. The molecule has 0 N–H and O–H groups in total. The van der Waals surface area contributed by atoms with Crippen molar-refractivity contribution in [1.82, 2.24) is 29.7 Å². The number of rotatable bonds is 7. The Morgan fingerprint density at radius 3 is 2.56 bits per heavy atom. The molecule has 1 saturated heterocycles. The summed E-state index contributed by atoms with van der Waals surface area (Å²) >= 11 is 0. The molecule has 1 fully saturated rings. The van der Waals surface area contributed by atoms with E-state index >= 15 is 0 Å². The minimum atomic E-state index is -0.945. The fraction of sp³-hybridized carbons (Fsp3) is 0.462. The first-order valence-electron chi connectivity index (χ1n) is 12.4. The number of fused-ring (bicyclic) bond motifs is 1. The van der Waals surface area contributed by atoms with Gasteiger partial charge in [-0.05, 0) is 26.5 Å². The Morgan fingerprint density at radius 1 is 1.00 bits per heavy atom. The van der Waals surface area contributed by atoms with Gasteiger partial charge in [0, 0.05) is 87.7 Å². The predicted octanol–water partition coefficient (Wildman–Crippen LogP) is 3.35. The molecule has 36 heavy (non-hydrogen) atoms. The maximum atomic E-state index is 14.6. The van der Waals surface area contributed by atoms with Crippen molar-refractivity contribution >= 4 is 5.69 Å². The Labute approximate surface area is 210 Å². The van der Waals surface area contributed by atoms with Gasteiger partial charge in [0.1, 0.15) is 0 Å². The number of piperazine rings is 1. The Morgan fingerprint density at radius 2 is 1.78 bits per heavy atom. The van der Waals surface area contributed by atoms with Crippen LogP contribution in [0, 0.1) is 11.6 Å². The first-order chi connectivity index (χ1) is 17.5. The van der Waals surface area contributed by atoms with Crippen molar-refractivity contribution < 1.29 is 13.5 Å². The molecule has 2 aliphatic heterocycles. The van der Waals surface area contributed by atoms with Crippen molar-refractivity contribution in [3.63, 3.8) is 0 Å². The minimum absolute atomic E-state index is 0.0470. The Bertz CT molecular complexity index is 1190. The Kier molecular flexibility index (Phi) is 7.33. The van der Waals surface area contributed by atoms with E-state index in [2.05, 4.69) is 36.8 Å². The third-order valence-corrected chi connectivity index (χ3v) is 6.96. The SMILES string of the molecule is CC1c2cnc(-c3ncccn3)nc2CCN1c1cc(F)c(F)c(OCCCN2CCN(C)CC2)c1. The number of benzene rings is 1. The summed E-state index contributed by atoms with van der Waals surface area (Å²) in [6.07, 6.45) is 6.49. The first-order valence-corrected chi connectivity index (χ1v) is 12.4. The van der Waals surface area contributed by atoms with Crippen LogP contribution in [-0.2, 0) is 6.42 Å². The highest BCUT2D eigenvalue weighted by Crippen LogP contribution is 2.36. The lowest BCUT2D eigenvalue weighted by Gasteiger charge is -2.36. The quantitative estimate of drug-likeness (QED) is 0.463. The molecular weight excluding hydrogens is 464 g/mol. The summed E-state index contributed by atoms with van der Waals surface area (Å²) < 4.78 is 34.8. The molecule has 1 aromatic carbocycles. The highest BCUT2D eigenvalue weighted by atomic mass is 19.2. The first kappa shape index (κ1) is 24.5. The van der Waals surface area contributed by atoms with Gasteiger partial charge in [0.15, 0.2) is 23.2 Å². The second kappa shape index (κ2) is 10.8. The van der Waals surface area contributed by atoms with E-state index in [4.69, 9.17) is 4.74 Å². The van der Waals surface area contributed by atoms with Gasteiger partial charge in [-0.1, -0.05) is 0 Å². The zero-order valence-corrected chi connectivity index (χ0v) is 20.7. The summed E-state index contributed by atoms with van der Waals surface area (Å²) in [5.41, 5.74) is 2.44. The smallest absolute Gasteiger partial charge is 0.200 e. The minimum Gasteiger partial charge on any atom is -0.490 e. The van der Waals surface area contributed by atoms with Crippen LogP contribution in [0.4, 0.5) is 14.5 Å². The number of anilines is 1. The van der Waals surface area contributed by atoms with E-state index in [1.165, 1.54) is 6.07 Å². The topological polar surface area (TPSA) is 70.5 Å². The number of hydrogen-bond donors (Lipinski definition) is 0. The summed E-state index contributed by atoms with van der Waals surface area (Å²) in [4.78, 5) is 24.3. The van der Waals surface area contributed by atoms with Crippen LogP contribution in [0.3, 0.4) is 0 Å². The van der Waals surface area contributed by atoms with Gasteiger partial charge in [-0.25, -0.2) is 24.3 Å². The van der Waals surface area contributed by atoms with Crippen LogP contribution >= 0.6 is 0 Å². The summed E-state index contributed by atoms with van der Waals surface area (Å²) in [6, 6.07) is 4.47. The third-order valence-electron chi connectivity index (χ3n) is 6.96. The largest absolute Gasteiger partial charge is 0.490 e. The molecule has 2 aliphatic rings. The van der Waals surface area contributed by atoms with Gasteiger partial charge in [0.05, 0.1) is 18.3 Å². The normalized spacial score (nSPS) is 18.8. The van der Waals surface area contributed by atoms with Gasteiger partial charge in [0.25, 0.3) is 0 Å². The van der Waals surface area contributed by atoms with Crippen LogP contribution in [0.15, 0.2) is 36.8 Å². The molecule has 1 unspecified atom stereocenters. The maximum Gasteiger partial charge on any atom is 0.200 e. The van der Waals surface area contributed by atoms with Gasteiger partial charge in [-0.2, -0.15) is 4.39 Å². The summed E-state index contributed by atoms with van der Waals surface area (Å²) in [5.74, 6) is -0.943. The molecule has 2 aromatic heterocycles.